The minimum absolute atomic E-state index is 0.0680. The van der Waals surface area contributed by atoms with Crippen LogP contribution in [0.5, 0.6) is 0 Å². The number of hydrogen-bond acceptors (Lipinski definition) is 3. The fourth-order valence-electron chi connectivity index (χ4n) is 4.30. The third-order valence-electron chi connectivity index (χ3n) is 6.79. The van der Waals surface area contributed by atoms with Crippen molar-refractivity contribution in [2.45, 2.75) is 80.6 Å². The summed E-state index contributed by atoms with van der Waals surface area (Å²) in [6, 6.07) is 3.80. The molecule has 1 amide bonds. The van der Waals surface area contributed by atoms with Gasteiger partial charge in [0.15, 0.2) is 5.82 Å². The SMILES string of the molecule is CCC(C)C.CCCCN(CCC)c1ccc(C)c(N=C(CC)C2C(=O)NC3=CC=CC=CC32)c1F. The molecule has 0 radical (unpaired) electrons. The van der Waals surface area contributed by atoms with Crippen LogP contribution in [0.1, 0.15) is 79.2 Å². The van der Waals surface area contributed by atoms with Gasteiger partial charge < -0.3 is 10.2 Å². The fraction of sp³-hybridized carbons (Fsp3) is 0.548. The Bertz CT molecular complexity index is 990. The molecule has 4 nitrogen and oxygen atoms in total. The first kappa shape index (κ1) is 29.5. The number of allylic oxidation sites excluding steroid dienone is 5. The number of hydrogen-bond donors (Lipinski definition) is 1. The molecule has 1 N–H and O–H groups in total. The highest BCUT2D eigenvalue weighted by Gasteiger charge is 2.40. The largest absolute Gasteiger partial charge is 0.369 e. The van der Waals surface area contributed by atoms with Crippen molar-refractivity contribution in [2.24, 2.45) is 22.7 Å². The lowest BCUT2D eigenvalue weighted by Crippen LogP contribution is -2.27. The zero-order valence-corrected chi connectivity index (χ0v) is 23.4. The fourth-order valence-corrected chi connectivity index (χ4v) is 4.30. The van der Waals surface area contributed by atoms with Crippen LogP contribution in [-0.4, -0.2) is 24.7 Å². The first-order valence-electron chi connectivity index (χ1n) is 13.8. The van der Waals surface area contributed by atoms with Crippen molar-refractivity contribution in [3.8, 4) is 0 Å². The predicted molar refractivity (Wildman–Crippen MR) is 153 cm³/mol. The van der Waals surface area contributed by atoms with E-state index in [1.807, 2.05) is 56.4 Å². The Labute approximate surface area is 218 Å². The molecule has 1 aromatic rings. The van der Waals surface area contributed by atoms with Crippen LogP contribution in [0.4, 0.5) is 15.8 Å². The molecule has 1 aliphatic heterocycles. The number of aliphatic imine (C=N–C) groups is 1. The Morgan fingerprint density at radius 3 is 2.42 bits per heavy atom. The number of fused-ring (bicyclic) bond motifs is 1. The van der Waals surface area contributed by atoms with E-state index < -0.39 is 5.92 Å². The zero-order valence-electron chi connectivity index (χ0n) is 23.4. The van der Waals surface area contributed by atoms with Crippen molar-refractivity contribution in [3.63, 3.8) is 0 Å². The van der Waals surface area contributed by atoms with Crippen LogP contribution < -0.4 is 10.2 Å². The normalized spacial score (nSPS) is 18.9. The van der Waals surface area contributed by atoms with Crippen molar-refractivity contribution < 1.29 is 9.18 Å². The number of nitrogens with zero attached hydrogens (tertiary/aromatic N) is 2. The van der Waals surface area contributed by atoms with E-state index in [1.54, 1.807) is 0 Å². The van der Waals surface area contributed by atoms with Crippen LogP contribution >= 0.6 is 0 Å². The maximum absolute atomic E-state index is 15.7. The molecule has 0 bridgehead atoms. The Morgan fingerprint density at radius 1 is 1.08 bits per heavy atom. The standard InChI is InChI=1S/C26H34FN3O.C5H12/c1-5-8-17-30(16-6-2)22-15-14-18(4)25(24(22)27)28-20(7-3)23-19-12-10-9-11-13-21(19)29-26(23)31;1-4-5(2)3/h9-15,19,23H,5-8,16-17H2,1-4H3,(H,29,31);5H,4H2,1-3H3. The van der Waals surface area contributed by atoms with E-state index in [-0.39, 0.29) is 17.6 Å². The summed E-state index contributed by atoms with van der Waals surface area (Å²) in [7, 11) is 0. The average molecular weight is 496 g/mol. The van der Waals surface area contributed by atoms with Crippen molar-refractivity contribution in [2.75, 3.05) is 18.0 Å². The van der Waals surface area contributed by atoms with Gasteiger partial charge in [0.1, 0.15) is 5.69 Å². The predicted octanol–water partition coefficient (Wildman–Crippen LogP) is 8.06. The zero-order chi connectivity index (χ0) is 26.7. The molecule has 1 aliphatic carbocycles. The summed E-state index contributed by atoms with van der Waals surface area (Å²) in [6.07, 6.45) is 14.7. The maximum Gasteiger partial charge on any atom is 0.233 e. The number of rotatable bonds is 10. The highest BCUT2D eigenvalue weighted by molar-refractivity contribution is 6.08. The first-order valence-corrected chi connectivity index (χ1v) is 13.8. The van der Waals surface area contributed by atoms with E-state index in [1.165, 1.54) is 6.42 Å². The highest BCUT2D eigenvalue weighted by Crippen LogP contribution is 2.36. The summed E-state index contributed by atoms with van der Waals surface area (Å²) in [5.41, 5.74) is 3.33. The number of anilines is 1. The number of benzene rings is 1. The quantitative estimate of drug-likeness (QED) is 0.334. The molecule has 0 saturated carbocycles. The lowest BCUT2D eigenvalue weighted by Gasteiger charge is -2.26. The minimum atomic E-state index is -0.415. The summed E-state index contributed by atoms with van der Waals surface area (Å²) < 4.78 is 15.7. The van der Waals surface area contributed by atoms with Gasteiger partial charge in [-0.3, -0.25) is 9.79 Å². The van der Waals surface area contributed by atoms with E-state index in [0.29, 0.717) is 23.5 Å². The molecule has 0 aromatic heterocycles. The lowest BCUT2D eigenvalue weighted by atomic mass is 9.87. The van der Waals surface area contributed by atoms with Crippen molar-refractivity contribution in [3.05, 3.63) is 59.6 Å². The number of nitrogens with one attached hydrogen (secondary N) is 1. The van der Waals surface area contributed by atoms with Crippen molar-refractivity contribution in [1.29, 1.82) is 0 Å². The van der Waals surface area contributed by atoms with Crippen LogP contribution in [0.2, 0.25) is 0 Å². The molecule has 2 unspecified atom stereocenters. The van der Waals surface area contributed by atoms with Gasteiger partial charge in [0.05, 0.1) is 11.6 Å². The number of aryl methyl sites for hydroxylation is 1. The highest BCUT2D eigenvalue weighted by atomic mass is 19.1. The van der Waals surface area contributed by atoms with Gasteiger partial charge in [0, 0.05) is 30.4 Å². The molecule has 1 saturated heterocycles. The van der Waals surface area contributed by atoms with Crippen molar-refractivity contribution >= 4 is 23.0 Å². The number of carbonyl (C=O) groups excluding carboxylic acids is 1. The molecule has 2 aliphatic rings. The van der Waals surface area contributed by atoms with Gasteiger partial charge in [-0.1, -0.05) is 84.8 Å². The van der Waals surface area contributed by atoms with Gasteiger partial charge in [-0.25, -0.2) is 4.39 Å². The third-order valence-corrected chi connectivity index (χ3v) is 6.79. The second-order valence-electron chi connectivity index (χ2n) is 10.0. The van der Waals surface area contributed by atoms with E-state index >= 15 is 4.39 Å². The second kappa shape index (κ2) is 14.8. The smallest absolute Gasteiger partial charge is 0.233 e. The Kier molecular flexibility index (Phi) is 12.1. The molecule has 0 spiro atoms. The Balaban J connectivity index is 0.000000830. The molecular formula is C31H46FN3O. The van der Waals surface area contributed by atoms with Gasteiger partial charge in [-0.05, 0) is 49.8 Å². The third kappa shape index (κ3) is 7.65. The number of amides is 1. The van der Waals surface area contributed by atoms with Gasteiger partial charge in [-0.15, -0.1) is 0 Å². The van der Waals surface area contributed by atoms with Crippen LogP contribution in [0.25, 0.3) is 0 Å². The van der Waals surface area contributed by atoms with E-state index in [9.17, 15) is 4.79 Å². The minimum Gasteiger partial charge on any atom is -0.369 e. The molecule has 198 valence electrons. The molecule has 3 rings (SSSR count). The molecular weight excluding hydrogens is 449 g/mol. The number of unbranched alkanes of at least 4 members (excludes halogenated alkanes) is 1. The summed E-state index contributed by atoms with van der Waals surface area (Å²) in [5, 5.41) is 2.98. The van der Waals surface area contributed by atoms with Crippen LogP contribution in [0.3, 0.4) is 0 Å². The molecule has 5 heteroatoms. The summed E-state index contributed by atoms with van der Waals surface area (Å²) in [4.78, 5) is 19.7. The van der Waals surface area contributed by atoms with E-state index in [4.69, 9.17) is 4.99 Å². The molecule has 1 fully saturated rings. The topological polar surface area (TPSA) is 44.7 Å². The Morgan fingerprint density at radius 2 is 1.81 bits per heavy atom. The average Bonchev–Trinajstić information content (AvgIpc) is 3.01. The maximum atomic E-state index is 15.7. The van der Waals surface area contributed by atoms with Gasteiger partial charge >= 0.3 is 0 Å². The second-order valence-corrected chi connectivity index (χ2v) is 10.0. The molecule has 36 heavy (non-hydrogen) atoms. The summed E-state index contributed by atoms with van der Waals surface area (Å²) >= 11 is 0. The van der Waals surface area contributed by atoms with Crippen LogP contribution in [-0.2, 0) is 4.79 Å². The monoisotopic (exact) mass is 495 g/mol. The van der Waals surface area contributed by atoms with Gasteiger partial charge in [0.2, 0.25) is 5.91 Å². The summed E-state index contributed by atoms with van der Waals surface area (Å²) in [5.74, 6) is 0.0231. The van der Waals surface area contributed by atoms with Crippen molar-refractivity contribution in [1.82, 2.24) is 5.32 Å². The van der Waals surface area contributed by atoms with E-state index in [0.717, 1.165) is 49.5 Å². The van der Waals surface area contributed by atoms with Crippen LogP contribution in [0, 0.1) is 30.5 Å². The first-order chi connectivity index (χ1) is 17.3. The summed E-state index contributed by atoms with van der Waals surface area (Å²) in [6.45, 7) is 16.4. The van der Waals surface area contributed by atoms with Gasteiger partial charge in [0.25, 0.3) is 0 Å². The number of halogens is 1. The van der Waals surface area contributed by atoms with Gasteiger partial charge in [-0.2, -0.15) is 0 Å². The number of carbonyl (C=O) groups is 1. The van der Waals surface area contributed by atoms with Crippen LogP contribution in [0.15, 0.2) is 53.2 Å². The molecule has 2 atom stereocenters. The lowest BCUT2D eigenvalue weighted by molar-refractivity contribution is -0.120. The Hall–Kier alpha value is -2.69. The molecule has 1 heterocycles. The molecule has 1 aromatic carbocycles. The van der Waals surface area contributed by atoms with E-state index in [2.05, 4.69) is 44.8 Å².